The van der Waals surface area contributed by atoms with Crippen LogP contribution in [-0.4, -0.2) is 38.8 Å². The molecule has 0 radical (unpaired) electrons. The highest BCUT2D eigenvalue weighted by Gasteiger charge is 2.31. The smallest absolute Gasteiger partial charge is 0.247 e. The van der Waals surface area contributed by atoms with E-state index in [1.165, 1.54) is 0 Å². The average Bonchev–Trinajstić information content (AvgIpc) is 2.42. The maximum atomic E-state index is 12.0. The standard InChI is InChI=1S/C13H17N3O3/c1-16-9(2-3-14)13(17)15-8-6-11-12(7-10(8)16)19-5-4-18-11/h6-7,9H,2-5,14H2,1H3,(H,15,17). The van der Waals surface area contributed by atoms with Crippen LogP contribution in [0, 0.1) is 0 Å². The van der Waals surface area contributed by atoms with Gasteiger partial charge in [-0.2, -0.15) is 0 Å². The number of amides is 1. The van der Waals surface area contributed by atoms with Crippen LogP contribution in [0.2, 0.25) is 0 Å². The lowest BCUT2D eigenvalue weighted by molar-refractivity contribution is -0.117. The Balaban J connectivity index is 2.00. The molecular formula is C13H17N3O3. The molecule has 6 nitrogen and oxygen atoms in total. The summed E-state index contributed by atoms with van der Waals surface area (Å²) in [4.78, 5) is 14.0. The number of hydrogen-bond acceptors (Lipinski definition) is 5. The van der Waals surface area contributed by atoms with Gasteiger partial charge in [-0.1, -0.05) is 0 Å². The Labute approximate surface area is 111 Å². The van der Waals surface area contributed by atoms with E-state index in [1.54, 1.807) is 0 Å². The van der Waals surface area contributed by atoms with E-state index >= 15 is 0 Å². The second kappa shape index (κ2) is 4.62. The monoisotopic (exact) mass is 263 g/mol. The van der Waals surface area contributed by atoms with E-state index in [1.807, 2.05) is 24.1 Å². The predicted octanol–water partition coefficient (Wildman–Crippen LogP) is 0.564. The summed E-state index contributed by atoms with van der Waals surface area (Å²) in [5.74, 6) is 1.37. The fourth-order valence-corrected chi connectivity index (χ4v) is 2.51. The van der Waals surface area contributed by atoms with Crippen LogP contribution in [0.3, 0.4) is 0 Å². The van der Waals surface area contributed by atoms with Crippen LogP contribution in [-0.2, 0) is 4.79 Å². The Morgan fingerprint density at radius 2 is 2.05 bits per heavy atom. The molecule has 1 atom stereocenters. The minimum Gasteiger partial charge on any atom is -0.486 e. The number of benzene rings is 1. The van der Waals surface area contributed by atoms with Crippen molar-refractivity contribution in [1.29, 1.82) is 0 Å². The fraction of sp³-hybridized carbons (Fsp3) is 0.462. The van der Waals surface area contributed by atoms with Gasteiger partial charge in [-0.25, -0.2) is 0 Å². The van der Waals surface area contributed by atoms with Gasteiger partial charge in [0, 0.05) is 19.2 Å². The van der Waals surface area contributed by atoms with Gasteiger partial charge in [-0.3, -0.25) is 4.79 Å². The average molecular weight is 263 g/mol. The number of fused-ring (bicyclic) bond motifs is 2. The largest absolute Gasteiger partial charge is 0.486 e. The third-order valence-electron chi connectivity index (χ3n) is 3.51. The van der Waals surface area contributed by atoms with E-state index in [4.69, 9.17) is 15.2 Å². The first kappa shape index (κ1) is 12.1. The van der Waals surface area contributed by atoms with E-state index < -0.39 is 0 Å². The molecule has 1 aromatic rings. The second-order valence-corrected chi connectivity index (χ2v) is 4.71. The Hall–Kier alpha value is -1.95. The zero-order valence-corrected chi connectivity index (χ0v) is 10.8. The van der Waals surface area contributed by atoms with Crippen molar-refractivity contribution >= 4 is 17.3 Å². The van der Waals surface area contributed by atoms with Crippen LogP contribution in [0.5, 0.6) is 11.5 Å². The van der Waals surface area contributed by atoms with E-state index in [-0.39, 0.29) is 11.9 Å². The summed E-state index contributed by atoms with van der Waals surface area (Å²) in [6.45, 7) is 1.56. The number of hydrogen-bond donors (Lipinski definition) is 2. The molecule has 6 heteroatoms. The van der Waals surface area contributed by atoms with Crippen LogP contribution >= 0.6 is 0 Å². The van der Waals surface area contributed by atoms with Gasteiger partial charge in [0.15, 0.2) is 11.5 Å². The fourth-order valence-electron chi connectivity index (χ4n) is 2.51. The summed E-state index contributed by atoms with van der Waals surface area (Å²) in [7, 11) is 1.90. The number of nitrogens with zero attached hydrogens (tertiary/aromatic N) is 1. The topological polar surface area (TPSA) is 76.8 Å². The zero-order chi connectivity index (χ0) is 13.4. The highest BCUT2D eigenvalue weighted by atomic mass is 16.6. The lowest BCUT2D eigenvalue weighted by atomic mass is 10.1. The van der Waals surface area contributed by atoms with Gasteiger partial charge in [-0.05, 0) is 13.0 Å². The van der Waals surface area contributed by atoms with Crippen molar-refractivity contribution in [3.8, 4) is 11.5 Å². The molecule has 2 aliphatic rings. The molecule has 1 amide bonds. The van der Waals surface area contributed by atoms with Crippen molar-refractivity contribution in [2.45, 2.75) is 12.5 Å². The summed E-state index contributed by atoms with van der Waals surface area (Å²) < 4.78 is 11.1. The van der Waals surface area contributed by atoms with Crippen LogP contribution in [0.15, 0.2) is 12.1 Å². The normalized spacial score (nSPS) is 20.8. The van der Waals surface area contributed by atoms with Crippen molar-refractivity contribution in [2.24, 2.45) is 5.73 Å². The molecule has 3 N–H and O–H groups in total. The molecule has 0 saturated heterocycles. The highest BCUT2D eigenvalue weighted by Crippen LogP contribution is 2.42. The third-order valence-corrected chi connectivity index (χ3v) is 3.51. The van der Waals surface area contributed by atoms with E-state index in [2.05, 4.69) is 5.32 Å². The van der Waals surface area contributed by atoms with Gasteiger partial charge in [0.05, 0.1) is 11.4 Å². The van der Waals surface area contributed by atoms with Crippen molar-refractivity contribution in [1.82, 2.24) is 0 Å². The number of rotatable bonds is 2. The van der Waals surface area contributed by atoms with Crippen molar-refractivity contribution in [3.05, 3.63) is 12.1 Å². The molecule has 0 aromatic heterocycles. The number of likely N-dealkylation sites (N-methyl/N-ethyl adjacent to an activating group) is 1. The summed E-state index contributed by atoms with van der Waals surface area (Å²) in [6.07, 6.45) is 0.621. The Bertz CT molecular complexity index is 518. The van der Waals surface area contributed by atoms with Crippen molar-refractivity contribution in [3.63, 3.8) is 0 Å². The second-order valence-electron chi connectivity index (χ2n) is 4.71. The molecule has 0 aliphatic carbocycles. The summed E-state index contributed by atoms with van der Waals surface area (Å²) in [5, 5.41) is 2.90. The quantitative estimate of drug-likeness (QED) is 0.815. The minimum atomic E-state index is -0.236. The molecule has 1 unspecified atom stereocenters. The molecule has 0 fully saturated rings. The van der Waals surface area contributed by atoms with E-state index in [9.17, 15) is 4.79 Å². The van der Waals surface area contributed by atoms with Crippen LogP contribution < -0.4 is 25.4 Å². The number of nitrogens with two attached hydrogens (primary N) is 1. The first-order valence-electron chi connectivity index (χ1n) is 6.38. The molecule has 2 aliphatic heterocycles. The summed E-state index contributed by atoms with van der Waals surface area (Å²) in [6, 6.07) is 3.49. The van der Waals surface area contributed by atoms with E-state index in [0.717, 1.165) is 17.1 Å². The van der Waals surface area contributed by atoms with Crippen LogP contribution in [0.25, 0.3) is 0 Å². The Morgan fingerprint density at radius 1 is 1.37 bits per heavy atom. The van der Waals surface area contributed by atoms with Gasteiger partial charge in [0.1, 0.15) is 19.3 Å². The van der Waals surface area contributed by atoms with Crippen LogP contribution in [0.1, 0.15) is 6.42 Å². The van der Waals surface area contributed by atoms with Crippen LogP contribution in [0.4, 0.5) is 11.4 Å². The molecular weight excluding hydrogens is 246 g/mol. The Kier molecular flexibility index (Phi) is 2.94. The SMILES string of the molecule is CN1c2cc3c(cc2NC(=O)C1CCN)OCCO3. The van der Waals surface area contributed by atoms with Gasteiger partial charge in [0.2, 0.25) is 5.91 Å². The minimum absolute atomic E-state index is 0.0304. The first-order valence-corrected chi connectivity index (χ1v) is 6.38. The first-order chi connectivity index (χ1) is 9.20. The molecule has 2 heterocycles. The van der Waals surface area contributed by atoms with E-state index in [0.29, 0.717) is 31.9 Å². The zero-order valence-electron chi connectivity index (χ0n) is 10.8. The van der Waals surface area contributed by atoms with Gasteiger partial charge in [-0.15, -0.1) is 0 Å². The van der Waals surface area contributed by atoms with Crippen molar-refractivity contribution in [2.75, 3.05) is 37.0 Å². The highest BCUT2D eigenvalue weighted by molar-refractivity contribution is 6.04. The number of nitrogens with one attached hydrogen (secondary N) is 1. The number of ether oxygens (including phenoxy) is 2. The molecule has 1 aromatic carbocycles. The number of anilines is 2. The summed E-state index contributed by atoms with van der Waals surface area (Å²) >= 11 is 0. The predicted molar refractivity (Wildman–Crippen MR) is 71.9 cm³/mol. The molecule has 0 saturated carbocycles. The maximum absolute atomic E-state index is 12.0. The molecule has 3 rings (SSSR count). The molecule has 0 bridgehead atoms. The van der Waals surface area contributed by atoms with Gasteiger partial charge >= 0.3 is 0 Å². The number of carbonyl (C=O) groups excluding carboxylic acids is 1. The van der Waals surface area contributed by atoms with Crippen molar-refractivity contribution < 1.29 is 14.3 Å². The Morgan fingerprint density at radius 3 is 2.74 bits per heavy atom. The molecule has 19 heavy (non-hydrogen) atoms. The maximum Gasteiger partial charge on any atom is 0.247 e. The third kappa shape index (κ3) is 1.98. The van der Waals surface area contributed by atoms with Gasteiger partial charge in [0.25, 0.3) is 0 Å². The summed E-state index contributed by atoms with van der Waals surface area (Å²) in [5.41, 5.74) is 7.25. The lowest BCUT2D eigenvalue weighted by Crippen LogP contribution is -2.47. The number of carbonyl (C=O) groups is 1. The van der Waals surface area contributed by atoms with Gasteiger partial charge < -0.3 is 25.4 Å². The molecule has 0 spiro atoms. The molecule has 102 valence electrons. The lowest BCUT2D eigenvalue weighted by Gasteiger charge is -2.36.